The van der Waals surface area contributed by atoms with Crippen molar-refractivity contribution in [3.63, 3.8) is 0 Å². The molecule has 3 aromatic carbocycles. The summed E-state index contributed by atoms with van der Waals surface area (Å²) in [6.45, 7) is 6.88. The SMILES string of the molecule is Cc1cc(/C(=C\C=O)N2CCN(Cc3ccc(CCOc4ccc(F)cc4)cc3)CC2)cc(Cl)c1Oc1ccc(OCc2ccccn2)cn1. The summed E-state index contributed by atoms with van der Waals surface area (Å²) < 4.78 is 30.7. The number of allylic oxidation sites excluding steroid dienone is 1. The van der Waals surface area contributed by atoms with Crippen LogP contribution in [0.1, 0.15) is 27.9 Å². The lowest BCUT2D eigenvalue weighted by molar-refractivity contribution is -0.104. The zero-order valence-corrected chi connectivity index (χ0v) is 28.6. The Morgan fingerprint density at radius 1 is 0.880 bits per heavy atom. The highest BCUT2D eigenvalue weighted by molar-refractivity contribution is 6.32. The van der Waals surface area contributed by atoms with Crippen molar-refractivity contribution in [2.24, 2.45) is 0 Å². The molecule has 8 nitrogen and oxygen atoms in total. The van der Waals surface area contributed by atoms with E-state index in [1.54, 1.807) is 42.7 Å². The minimum Gasteiger partial charge on any atom is -0.493 e. The molecule has 1 saturated heterocycles. The highest BCUT2D eigenvalue weighted by atomic mass is 35.5. The fourth-order valence-electron chi connectivity index (χ4n) is 5.75. The van der Waals surface area contributed by atoms with Gasteiger partial charge in [-0.05, 0) is 83.8 Å². The van der Waals surface area contributed by atoms with Crippen LogP contribution < -0.4 is 14.2 Å². The predicted molar refractivity (Wildman–Crippen MR) is 192 cm³/mol. The Kier molecular flexibility index (Phi) is 11.7. The van der Waals surface area contributed by atoms with Crippen LogP contribution in [0.15, 0.2) is 109 Å². The summed E-state index contributed by atoms with van der Waals surface area (Å²) in [6.07, 6.45) is 6.52. The summed E-state index contributed by atoms with van der Waals surface area (Å²) in [5.74, 6) is 1.89. The standard InChI is InChI=1S/C40H38ClFN4O4/c1-29-24-32(25-37(41)40(29)50-39-14-13-36(26-44-39)49-28-34-4-2-3-17-43-34)38(15-22-47)46-20-18-45(19-21-46)27-31-7-5-30(6-8-31)16-23-48-35-11-9-33(42)10-12-35/h2-15,17,22,24-26H,16,18-21,23,27-28H2,1H3/b38-15+. The lowest BCUT2D eigenvalue weighted by Crippen LogP contribution is -2.45. The van der Waals surface area contributed by atoms with Crippen molar-refractivity contribution in [1.29, 1.82) is 0 Å². The molecule has 1 aliphatic heterocycles. The first kappa shape index (κ1) is 34.6. The van der Waals surface area contributed by atoms with Gasteiger partial charge in [-0.15, -0.1) is 0 Å². The Morgan fingerprint density at radius 2 is 1.64 bits per heavy atom. The molecule has 0 amide bonds. The molecule has 5 aromatic rings. The minimum atomic E-state index is -0.273. The number of aromatic nitrogens is 2. The van der Waals surface area contributed by atoms with Crippen molar-refractivity contribution < 1.29 is 23.4 Å². The van der Waals surface area contributed by atoms with E-state index >= 15 is 0 Å². The molecular formula is C40H38ClFN4O4. The number of pyridine rings is 2. The molecule has 256 valence electrons. The minimum absolute atomic E-state index is 0.273. The largest absolute Gasteiger partial charge is 0.493 e. The number of rotatable bonds is 14. The summed E-state index contributed by atoms with van der Waals surface area (Å²) in [7, 11) is 0. The Morgan fingerprint density at radius 3 is 2.32 bits per heavy atom. The van der Waals surface area contributed by atoms with E-state index in [-0.39, 0.29) is 5.82 Å². The van der Waals surface area contributed by atoms with Gasteiger partial charge in [0.15, 0.2) is 5.75 Å². The molecule has 1 fully saturated rings. The number of carbonyl (C=O) groups excluding carboxylic acids is 1. The number of ether oxygens (including phenoxy) is 3. The van der Waals surface area contributed by atoms with Crippen molar-refractivity contribution in [2.75, 3.05) is 32.8 Å². The van der Waals surface area contributed by atoms with E-state index in [0.717, 1.165) is 67.9 Å². The molecule has 10 heteroatoms. The molecule has 0 unspecified atom stereocenters. The number of nitrogens with zero attached hydrogens (tertiary/aromatic N) is 4. The Labute approximate surface area is 296 Å². The highest BCUT2D eigenvalue weighted by Gasteiger charge is 2.22. The van der Waals surface area contributed by atoms with Gasteiger partial charge in [0, 0.05) is 63.2 Å². The monoisotopic (exact) mass is 692 g/mol. The summed E-state index contributed by atoms with van der Waals surface area (Å²) >= 11 is 6.76. The zero-order chi connectivity index (χ0) is 34.7. The molecule has 1 aliphatic rings. The second kappa shape index (κ2) is 16.9. The molecule has 0 aliphatic carbocycles. The molecule has 0 atom stereocenters. The molecule has 0 N–H and O–H groups in total. The van der Waals surface area contributed by atoms with Crippen LogP contribution in [0.2, 0.25) is 5.02 Å². The normalized spacial score (nSPS) is 13.6. The first-order valence-corrected chi connectivity index (χ1v) is 16.9. The van der Waals surface area contributed by atoms with Crippen LogP contribution in [0.3, 0.4) is 0 Å². The fourth-order valence-corrected chi connectivity index (χ4v) is 6.05. The second-order valence-electron chi connectivity index (χ2n) is 12.0. The number of aldehydes is 1. The number of benzene rings is 3. The van der Waals surface area contributed by atoms with Crippen LogP contribution >= 0.6 is 11.6 Å². The van der Waals surface area contributed by atoms with Crippen molar-refractivity contribution >= 4 is 23.6 Å². The number of piperazine rings is 1. The summed E-state index contributed by atoms with van der Waals surface area (Å²) in [4.78, 5) is 25.0. The smallest absolute Gasteiger partial charge is 0.219 e. The van der Waals surface area contributed by atoms with Crippen molar-refractivity contribution in [3.05, 3.63) is 148 Å². The van der Waals surface area contributed by atoms with E-state index in [1.807, 2.05) is 37.3 Å². The van der Waals surface area contributed by atoms with Gasteiger partial charge in [-0.25, -0.2) is 9.37 Å². The van der Waals surface area contributed by atoms with Gasteiger partial charge in [0.1, 0.15) is 30.2 Å². The molecule has 3 heterocycles. The van der Waals surface area contributed by atoms with Gasteiger partial charge < -0.3 is 19.1 Å². The van der Waals surface area contributed by atoms with E-state index in [4.69, 9.17) is 25.8 Å². The topological polar surface area (TPSA) is 77.0 Å². The third kappa shape index (κ3) is 9.46. The summed E-state index contributed by atoms with van der Waals surface area (Å²) in [5, 5.41) is 0.429. The van der Waals surface area contributed by atoms with E-state index in [2.05, 4.69) is 44.0 Å². The van der Waals surface area contributed by atoms with Crippen molar-refractivity contribution in [2.45, 2.75) is 26.5 Å². The lowest BCUT2D eigenvalue weighted by Gasteiger charge is -2.37. The first-order valence-electron chi connectivity index (χ1n) is 16.5. The highest BCUT2D eigenvalue weighted by Crippen LogP contribution is 2.36. The van der Waals surface area contributed by atoms with Gasteiger partial charge in [0.05, 0.1) is 23.5 Å². The maximum atomic E-state index is 13.1. The molecule has 6 rings (SSSR count). The number of halogens is 2. The molecule has 0 radical (unpaired) electrons. The molecule has 0 spiro atoms. The van der Waals surface area contributed by atoms with E-state index in [1.165, 1.54) is 23.3 Å². The fraction of sp³-hybridized carbons (Fsp3) is 0.225. The van der Waals surface area contributed by atoms with Crippen molar-refractivity contribution in [3.8, 4) is 23.1 Å². The maximum absolute atomic E-state index is 13.1. The van der Waals surface area contributed by atoms with Crippen LogP contribution in [0.4, 0.5) is 4.39 Å². The van der Waals surface area contributed by atoms with Gasteiger partial charge in [-0.1, -0.05) is 41.9 Å². The molecule has 0 saturated carbocycles. The van der Waals surface area contributed by atoms with E-state index in [9.17, 15) is 9.18 Å². The number of aryl methyl sites for hydroxylation is 1. The molecule has 2 aromatic heterocycles. The van der Waals surface area contributed by atoms with Gasteiger partial charge in [0.2, 0.25) is 5.88 Å². The van der Waals surface area contributed by atoms with Gasteiger partial charge in [-0.2, -0.15) is 0 Å². The number of hydrogen-bond acceptors (Lipinski definition) is 8. The van der Waals surface area contributed by atoms with Gasteiger partial charge in [0.25, 0.3) is 0 Å². The van der Waals surface area contributed by atoms with Crippen LogP contribution in [0, 0.1) is 12.7 Å². The number of carbonyl (C=O) groups is 1. The average molecular weight is 693 g/mol. The molecule has 50 heavy (non-hydrogen) atoms. The van der Waals surface area contributed by atoms with Crippen LogP contribution in [-0.2, 0) is 24.4 Å². The van der Waals surface area contributed by atoms with Gasteiger partial charge >= 0.3 is 0 Å². The predicted octanol–water partition coefficient (Wildman–Crippen LogP) is 7.93. The zero-order valence-electron chi connectivity index (χ0n) is 27.8. The summed E-state index contributed by atoms with van der Waals surface area (Å²) in [5.41, 5.74) is 5.76. The van der Waals surface area contributed by atoms with Gasteiger partial charge in [-0.3, -0.25) is 14.7 Å². The molecular weight excluding hydrogens is 655 g/mol. The first-order chi connectivity index (χ1) is 24.4. The number of hydrogen-bond donors (Lipinski definition) is 0. The van der Waals surface area contributed by atoms with Crippen LogP contribution in [0.5, 0.6) is 23.1 Å². The van der Waals surface area contributed by atoms with Crippen LogP contribution in [-0.4, -0.2) is 58.8 Å². The Hall–Kier alpha value is -5.25. The van der Waals surface area contributed by atoms with Crippen molar-refractivity contribution in [1.82, 2.24) is 19.8 Å². The Balaban J connectivity index is 1.00. The average Bonchev–Trinajstić information content (AvgIpc) is 3.14. The third-order valence-electron chi connectivity index (χ3n) is 8.39. The van der Waals surface area contributed by atoms with E-state index in [0.29, 0.717) is 41.4 Å². The summed E-state index contributed by atoms with van der Waals surface area (Å²) in [6, 6.07) is 27.7. The maximum Gasteiger partial charge on any atom is 0.219 e. The lowest BCUT2D eigenvalue weighted by atomic mass is 10.1. The Bertz CT molecular complexity index is 1860. The van der Waals surface area contributed by atoms with Crippen LogP contribution in [0.25, 0.3) is 5.70 Å². The molecule has 0 bridgehead atoms. The third-order valence-corrected chi connectivity index (χ3v) is 8.68. The quantitative estimate of drug-likeness (QED) is 0.0858. The van der Waals surface area contributed by atoms with E-state index < -0.39 is 0 Å². The second-order valence-corrected chi connectivity index (χ2v) is 12.4.